The average molecular weight is 149 g/mol. The molecule has 0 amide bonds. The Balaban J connectivity index is 3.93. The summed E-state index contributed by atoms with van der Waals surface area (Å²) in [6.07, 6.45) is 9.23. The Hall–Kier alpha value is -0.780. The van der Waals surface area contributed by atoms with Crippen LogP contribution in [0.15, 0.2) is 35.5 Å². The third kappa shape index (κ3) is 7.11. The first-order valence-corrected chi connectivity index (χ1v) is 3.94. The summed E-state index contributed by atoms with van der Waals surface area (Å²) >= 11 is 0. The zero-order valence-corrected chi connectivity index (χ0v) is 7.72. The zero-order valence-electron chi connectivity index (χ0n) is 7.72. The molecule has 0 atom stereocenters. The standard InChI is InChI=1S/C11H17/c1-5-7-11(4)9-6-8-10(2)3/h6-9H,1,5H2,2-4H3/b9-6+,11-7+. The second-order valence-electron chi connectivity index (χ2n) is 2.84. The minimum Gasteiger partial charge on any atom is -0.0816 e. The van der Waals surface area contributed by atoms with Crippen molar-refractivity contribution in [2.24, 2.45) is 0 Å². The number of allylic oxidation sites excluding steroid dienone is 6. The number of hydrogen-bond donors (Lipinski definition) is 0. The molecular weight excluding hydrogens is 132 g/mol. The van der Waals surface area contributed by atoms with Gasteiger partial charge in [0.1, 0.15) is 0 Å². The Bertz CT molecular complexity index is 176. The molecule has 0 bridgehead atoms. The fourth-order valence-electron chi connectivity index (χ4n) is 0.688. The van der Waals surface area contributed by atoms with E-state index in [2.05, 4.69) is 52.0 Å². The van der Waals surface area contributed by atoms with Crippen LogP contribution in [0.1, 0.15) is 27.2 Å². The second-order valence-corrected chi connectivity index (χ2v) is 2.84. The molecule has 0 N–H and O–H groups in total. The van der Waals surface area contributed by atoms with E-state index in [-0.39, 0.29) is 0 Å². The molecule has 11 heavy (non-hydrogen) atoms. The molecule has 0 fully saturated rings. The minimum absolute atomic E-state index is 0.866. The summed E-state index contributed by atoms with van der Waals surface area (Å²) in [5, 5.41) is 0. The van der Waals surface area contributed by atoms with Crippen molar-refractivity contribution in [3.63, 3.8) is 0 Å². The monoisotopic (exact) mass is 149 g/mol. The molecule has 0 unspecified atom stereocenters. The molecule has 0 rings (SSSR count). The fourth-order valence-corrected chi connectivity index (χ4v) is 0.688. The maximum Gasteiger partial charge on any atom is -0.0345 e. The van der Waals surface area contributed by atoms with E-state index in [1.807, 2.05) is 0 Å². The normalized spacial score (nSPS) is 12.2. The largest absolute Gasteiger partial charge is 0.0816 e. The van der Waals surface area contributed by atoms with E-state index < -0.39 is 0 Å². The lowest BCUT2D eigenvalue weighted by molar-refractivity contribution is 1.33. The van der Waals surface area contributed by atoms with E-state index >= 15 is 0 Å². The van der Waals surface area contributed by atoms with Gasteiger partial charge in [-0.25, -0.2) is 0 Å². The first kappa shape index (κ1) is 10.2. The molecule has 0 heterocycles. The smallest absolute Gasteiger partial charge is 0.0345 e. The molecule has 0 aliphatic carbocycles. The number of hydrogen-bond acceptors (Lipinski definition) is 0. The molecule has 0 aromatic carbocycles. The van der Waals surface area contributed by atoms with Crippen LogP contribution in [-0.2, 0) is 0 Å². The molecule has 0 nitrogen and oxygen atoms in total. The van der Waals surface area contributed by atoms with Crippen LogP contribution in [0.3, 0.4) is 0 Å². The van der Waals surface area contributed by atoms with Crippen LogP contribution in [0, 0.1) is 6.92 Å². The van der Waals surface area contributed by atoms with Crippen molar-refractivity contribution in [2.45, 2.75) is 27.2 Å². The molecule has 0 spiro atoms. The molecular formula is C11H17. The van der Waals surface area contributed by atoms with Crippen LogP contribution in [0.5, 0.6) is 0 Å². The van der Waals surface area contributed by atoms with E-state index in [0.29, 0.717) is 0 Å². The average Bonchev–Trinajstić information content (AvgIpc) is 1.87. The van der Waals surface area contributed by atoms with E-state index in [1.165, 1.54) is 11.1 Å². The molecule has 61 valence electrons. The number of rotatable bonds is 3. The molecule has 0 aromatic rings. The minimum atomic E-state index is 0.866. The van der Waals surface area contributed by atoms with Gasteiger partial charge < -0.3 is 0 Å². The quantitative estimate of drug-likeness (QED) is 0.537. The Morgan fingerprint density at radius 1 is 1.27 bits per heavy atom. The maximum absolute atomic E-state index is 3.74. The molecule has 0 aliphatic heterocycles. The summed E-state index contributed by atoms with van der Waals surface area (Å²) in [6.45, 7) is 10.0. The lowest BCUT2D eigenvalue weighted by Crippen LogP contribution is -1.67. The van der Waals surface area contributed by atoms with Gasteiger partial charge in [0.15, 0.2) is 0 Å². The highest BCUT2D eigenvalue weighted by molar-refractivity contribution is 5.21. The van der Waals surface area contributed by atoms with Crippen molar-refractivity contribution < 1.29 is 0 Å². The van der Waals surface area contributed by atoms with Crippen molar-refractivity contribution in [1.82, 2.24) is 0 Å². The van der Waals surface area contributed by atoms with Gasteiger partial charge in [0.2, 0.25) is 0 Å². The van der Waals surface area contributed by atoms with Crippen molar-refractivity contribution in [2.75, 3.05) is 0 Å². The van der Waals surface area contributed by atoms with Crippen LogP contribution >= 0.6 is 0 Å². The lowest BCUT2D eigenvalue weighted by Gasteiger charge is -1.88. The molecule has 1 radical (unpaired) electrons. The summed E-state index contributed by atoms with van der Waals surface area (Å²) in [5.74, 6) is 0. The SMILES string of the molecule is [CH2]C/C=C(C)/C=C/C=C(C)C. The Kier molecular flexibility index (Phi) is 5.54. The highest BCUT2D eigenvalue weighted by Crippen LogP contribution is 1.98. The van der Waals surface area contributed by atoms with Crippen LogP contribution in [-0.4, -0.2) is 0 Å². The Morgan fingerprint density at radius 3 is 2.36 bits per heavy atom. The van der Waals surface area contributed by atoms with Gasteiger partial charge >= 0.3 is 0 Å². The summed E-state index contributed by atoms with van der Waals surface area (Å²) in [4.78, 5) is 0. The van der Waals surface area contributed by atoms with Gasteiger partial charge in [-0.3, -0.25) is 0 Å². The van der Waals surface area contributed by atoms with Crippen LogP contribution in [0.25, 0.3) is 0 Å². The van der Waals surface area contributed by atoms with Crippen molar-refractivity contribution >= 4 is 0 Å². The van der Waals surface area contributed by atoms with Crippen LogP contribution < -0.4 is 0 Å². The van der Waals surface area contributed by atoms with E-state index in [9.17, 15) is 0 Å². The van der Waals surface area contributed by atoms with E-state index in [1.54, 1.807) is 0 Å². The second kappa shape index (κ2) is 5.96. The summed E-state index contributed by atoms with van der Waals surface area (Å²) in [6, 6.07) is 0. The fraction of sp³-hybridized carbons (Fsp3) is 0.364. The van der Waals surface area contributed by atoms with Gasteiger partial charge in [0.25, 0.3) is 0 Å². The summed E-state index contributed by atoms with van der Waals surface area (Å²) in [7, 11) is 0. The summed E-state index contributed by atoms with van der Waals surface area (Å²) < 4.78 is 0. The molecule has 0 saturated carbocycles. The van der Waals surface area contributed by atoms with Crippen LogP contribution in [0.4, 0.5) is 0 Å². The molecule has 0 heteroatoms. The third-order valence-corrected chi connectivity index (χ3v) is 1.25. The van der Waals surface area contributed by atoms with Gasteiger partial charge in [0.05, 0.1) is 0 Å². The van der Waals surface area contributed by atoms with Crippen molar-refractivity contribution in [1.29, 1.82) is 0 Å². The Morgan fingerprint density at radius 2 is 1.91 bits per heavy atom. The highest BCUT2D eigenvalue weighted by atomic mass is 13.8. The zero-order chi connectivity index (χ0) is 8.69. The first-order chi connectivity index (χ1) is 5.16. The third-order valence-electron chi connectivity index (χ3n) is 1.25. The van der Waals surface area contributed by atoms with E-state index in [0.717, 1.165) is 6.42 Å². The van der Waals surface area contributed by atoms with Gasteiger partial charge in [-0.1, -0.05) is 35.5 Å². The van der Waals surface area contributed by atoms with Crippen LogP contribution in [0.2, 0.25) is 0 Å². The van der Waals surface area contributed by atoms with Crippen molar-refractivity contribution in [3.8, 4) is 0 Å². The topological polar surface area (TPSA) is 0 Å². The highest BCUT2D eigenvalue weighted by Gasteiger charge is 1.77. The Labute approximate surface area is 70.3 Å². The van der Waals surface area contributed by atoms with E-state index in [4.69, 9.17) is 0 Å². The van der Waals surface area contributed by atoms with Gasteiger partial charge in [-0.05, 0) is 34.1 Å². The van der Waals surface area contributed by atoms with Crippen molar-refractivity contribution in [3.05, 3.63) is 42.4 Å². The van der Waals surface area contributed by atoms with Gasteiger partial charge in [-0.2, -0.15) is 0 Å². The summed E-state index contributed by atoms with van der Waals surface area (Å²) in [5.41, 5.74) is 2.60. The molecule has 0 aromatic heterocycles. The predicted octanol–water partition coefficient (Wildman–Crippen LogP) is 3.68. The lowest BCUT2D eigenvalue weighted by atomic mass is 10.2. The molecule has 0 aliphatic rings. The predicted molar refractivity (Wildman–Crippen MR) is 52.3 cm³/mol. The first-order valence-electron chi connectivity index (χ1n) is 3.94. The molecule has 0 saturated heterocycles. The maximum atomic E-state index is 3.74. The van der Waals surface area contributed by atoms with Gasteiger partial charge in [0, 0.05) is 0 Å². The van der Waals surface area contributed by atoms with Gasteiger partial charge in [-0.15, -0.1) is 0 Å².